The number of nitrogens with one attached hydrogen (secondary N) is 1. The van der Waals surface area contributed by atoms with Crippen LogP contribution in [0.1, 0.15) is 25.7 Å². The molecule has 3 fully saturated rings. The fourth-order valence-electron chi connectivity index (χ4n) is 5.21. The summed E-state index contributed by atoms with van der Waals surface area (Å²) in [4.78, 5) is 43.2. The number of aromatic nitrogens is 1. The Labute approximate surface area is 171 Å². The van der Waals surface area contributed by atoms with Crippen LogP contribution in [0.15, 0.2) is 29.6 Å². The smallest absolute Gasteiger partial charge is 0.233 e. The van der Waals surface area contributed by atoms with Gasteiger partial charge in [0.05, 0.1) is 17.5 Å². The van der Waals surface area contributed by atoms with Crippen LogP contribution in [0.25, 0.3) is 11.3 Å². The lowest BCUT2D eigenvalue weighted by Gasteiger charge is -2.19. The van der Waals surface area contributed by atoms with Gasteiger partial charge in [-0.25, -0.2) is 9.37 Å². The normalized spacial score (nSPS) is 27.6. The molecule has 6 nitrogen and oxygen atoms in total. The quantitative estimate of drug-likeness (QED) is 0.763. The number of carbonyl (C=O) groups is 3. The van der Waals surface area contributed by atoms with Gasteiger partial charge in [0.15, 0.2) is 5.13 Å². The second-order valence-corrected chi connectivity index (χ2v) is 8.89. The van der Waals surface area contributed by atoms with Crippen molar-refractivity contribution in [2.24, 2.45) is 23.7 Å². The van der Waals surface area contributed by atoms with E-state index in [0.29, 0.717) is 28.2 Å². The Balaban J connectivity index is 1.20. The molecule has 150 valence electrons. The molecule has 0 unspecified atom stereocenters. The van der Waals surface area contributed by atoms with Crippen molar-refractivity contribution in [3.8, 4) is 11.3 Å². The van der Waals surface area contributed by atoms with Crippen molar-refractivity contribution in [1.82, 2.24) is 9.88 Å². The van der Waals surface area contributed by atoms with Crippen molar-refractivity contribution in [1.29, 1.82) is 0 Å². The maximum atomic E-state index is 13.9. The second-order valence-electron chi connectivity index (χ2n) is 8.03. The molecular weight excluding hydrogens is 393 g/mol. The third-order valence-corrected chi connectivity index (χ3v) is 7.24. The van der Waals surface area contributed by atoms with Gasteiger partial charge >= 0.3 is 0 Å². The molecule has 4 atom stereocenters. The van der Waals surface area contributed by atoms with Gasteiger partial charge in [-0.15, -0.1) is 11.3 Å². The number of likely N-dealkylation sites (tertiary alicyclic amines) is 1. The van der Waals surface area contributed by atoms with Gasteiger partial charge < -0.3 is 5.32 Å². The molecule has 8 heteroatoms. The maximum absolute atomic E-state index is 13.9. The number of carbonyl (C=O) groups excluding carboxylic acids is 3. The number of benzene rings is 1. The topological polar surface area (TPSA) is 79.4 Å². The molecule has 5 rings (SSSR count). The number of rotatable bonds is 5. The summed E-state index contributed by atoms with van der Waals surface area (Å²) in [6.07, 6.45) is 3.09. The van der Waals surface area contributed by atoms with Gasteiger partial charge in [0.25, 0.3) is 0 Å². The number of thiazole rings is 1. The fraction of sp³-hybridized carbons (Fsp3) is 0.429. The van der Waals surface area contributed by atoms with Crippen molar-refractivity contribution in [3.63, 3.8) is 0 Å². The van der Waals surface area contributed by atoms with E-state index in [4.69, 9.17) is 0 Å². The van der Waals surface area contributed by atoms with Crippen LogP contribution in [0, 0.1) is 29.5 Å². The Morgan fingerprint density at radius 3 is 2.55 bits per heavy atom. The number of imide groups is 1. The van der Waals surface area contributed by atoms with E-state index in [9.17, 15) is 18.8 Å². The highest BCUT2D eigenvalue weighted by Gasteiger charge is 2.60. The van der Waals surface area contributed by atoms with Gasteiger partial charge in [0, 0.05) is 23.9 Å². The zero-order chi connectivity index (χ0) is 20.1. The summed E-state index contributed by atoms with van der Waals surface area (Å²) >= 11 is 1.21. The highest BCUT2D eigenvalue weighted by atomic mass is 32.1. The summed E-state index contributed by atoms with van der Waals surface area (Å²) in [5, 5.41) is 4.72. The highest BCUT2D eigenvalue weighted by molar-refractivity contribution is 7.14. The monoisotopic (exact) mass is 413 g/mol. The number of hydrogen-bond acceptors (Lipinski definition) is 5. The van der Waals surface area contributed by atoms with Crippen molar-refractivity contribution in [2.75, 3.05) is 11.9 Å². The Hall–Kier alpha value is -2.61. The van der Waals surface area contributed by atoms with E-state index in [1.54, 1.807) is 23.6 Å². The maximum Gasteiger partial charge on any atom is 0.233 e. The predicted octanol–water partition coefficient (Wildman–Crippen LogP) is 3.31. The number of fused-ring (bicyclic) bond motifs is 5. The molecule has 3 amide bonds. The zero-order valence-electron chi connectivity index (χ0n) is 15.6. The van der Waals surface area contributed by atoms with Crippen LogP contribution >= 0.6 is 11.3 Å². The third-order valence-electron chi connectivity index (χ3n) is 6.48. The number of halogens is 1. The van der Waals surface area contributed by atoms with Gasteiger partial charge in [-0.2, -0.15) is 0 Å². The zero-order valence-corrected chi connectivity index (χ0v) is 16.5. The molecule has 0 radical (unpaired) electrons. The van der Waals surface area contributed by atoms with E-state index in [1.165, 1.54) is 22.3 Å². The molecule has 1 aromatic carbocycles. The lowest BCUT2D eigenvalue weighted by atomic mass is 9.81. The molecule has 1 N–H and O–H groups in total. The lowest BCUT2D eigenvalue weighted by molar-refractivity contribution is -0.140. The molecule has 1 aromatic heterocycles. The van der Waals surface area contributed by atoms with Crippen molar-refractivity contribution in [2.45, 2.75) is 25.7 Å². The van der Waals surface area contributed by atoms with Crippen LogP contribution in [-0.4, -0.2) is 34.2 Å². The first-order valence-corrected chi connectivity index (χ1v) is 10.8. The largest absolute Gasteiger partial charge is 0.302 e. The van der Waals surface area contributed by atoms with E-state index in [0.717, 1.165) is 19.3 Å². The Kier molecular flexibility index (Phi) is 4.46. The molecule has 0 spiro atoms. The van der Waals surface area contributed by atoms with Crippen LogP contribution in [-0.2, 0) is 14.4 Å². The lowest BCUT2D eigenvalue weighted by Crippen LogP contribution is -2.35. The Morgan fingerprint density at radius 1 is 1.17 bits per heavy atom. The summed E-state index contributed by atoms with van der Waals surface area (Å²) in [6, 6.07) is 6.32. The van der Waals surface area contributed by atoms with E-state index < -0.39 is 0 Å². The molecule has 29 heavy (non-hydrogen) atoms. The molecule has 2 aliphatic carbocycles. The Morgan fingerprint density at radius 2 is 1.86 bits per heavy atom. The summed E-state index contributed by atoms with van der Waals surface area (Å²) in [7, 11) is 0. The highest BCUT2D eigenvalue weighted by Crippen LogP contribution is 2.56. The van der Waals surface area contributed by atoms with Gasteiger partial charge in [-0.3, -0.25) is 19.3 Å². The molecule has 2 bridgehead atoms. The minimum atomic E-state index is -0.374. The summed E-state index contributed by atoms with van der Waals surface area (Å²) in [5.74, 6) is -0.536. The van der Waals surface area contributed by atoms with E-state index in [2.05, 4.69) is 10.3 Å². The summed E-state index contributed by atoms with van der Waals surface area (Å²) in [5.41, 5.74) is 0.829. The van der Waals surface area contributed by atoms with Crippen LogP contribution < -0.4 is 5.32 Å². The number of anilines is 1. The molecular formula is C21H20FN3O3S. The SMILES string of the molecule is O=C(CCN1C(=O)[C@@H]2[C@H]3CC[C@@H](C3)[C@@H]2C1=O)Nc1nc(-c2ccccc2F)cs1. The third kappa shape index (κ3) is 3.06. The fourth-order valence-corrected chi connectivity index (χ4v) is 5.94. The first-order valence-electron chi connectivity index (χ1n) is 9.88. The summed E-state index contributed by atoms with van der Waals surface area (Å²) in [6.45, 7) is 0.0987. The van der Waals surface area contributed by atoms with Gasteiger partial charge in [-0.05, 0) is 43.2 Å². The number of amides is 3. The molecule has 3 aliphatic rings. The molecule has 2 heterocycles. The molecule has 1 saturated heterocycles. The molecule has 2 saturated carbocycles. The first kappa shape index (κ1) is 18.4. The van der Waals surface area contributed by atoms with Crippen LogP contribution in [0.3, 0.4) is 0 Å². The number of nitrogens with zero attached hydrogens (tertiary/aromatic N) is 2. The van der Waals surface area contributed by atoms with Crippen LogP contribution in [0.4, 0.5) is 9.52 Å². The van der Waals surface area contributed by atoms with Crippen molar-refractivity contribution >= 4 is 34.2 Å². The predicted molar refractivity (Wildman–Crippen MR) is 105 cm³/mol. The van der Waals surface area contributed by atoms with Crippen molar-refractivity contribution < 1.29 is 18.8 Å². The minimum absolute atomic E-state index is 0.0286. The van der Waals surface area contributed by atoms with E-state index in [-0.39, 0.29) is 48.3 Å². The van der Waals surface area contributed by atoms with E-state index in [1.807, 2.05) is 0 Å². The minimum Gasteiger partial charge on any atom is -0.302 e. The van der Waals surface area contributed by atoms with Gasteiger partial charge in [0.1, 0.15) is 5.82 Å². The first-order chi connectivity index (χ1) is 14.0. The Bertz CT molecular complexity index is 979. The van der Waals surface area contributed by atoms with Gasteiger partial charge in [0.2, 0.25) is 17.7 Å². The second kappa shape index (κ2) is 7.02. The average molecular weight is 413 g/mol. The van der Waals surface area contributed by atoms with Gasteiger partial charge in [-0.1, -0.05) is 12.1 Å². The summed E-state index contributed by atoms with van der Waals surface area (Å²) < 4.78 is 13.9. The van der Waals surface area contributed by atoms with E-state index >= 15 is 0 Å². The van der Waals surface area contributed by atoms with Crippen LogP contribution in [0.2, 0.25) is 0 Å². The van der Waals surface area contributed by atoms with Crippen molar-refractivity contribution in [3.05, 3.63) is 35.5 Å². The standard InChI is InChI=1S/C21H20FN3O3S/c22-14-4-2-1-3-13(14)15-10-29-21(23-15)24-16(26)7-8-25-19(27)17-11-5-6-12(9-11)18(17)20(25)28/h1-4,10-12,17-18H,5-9H2,(H,23,24,26)/t11-,12-,17-,18+/m0/s1. The average Bonchev–Trinajstić information content (AvgIpc) is 3.46. The molecule has 1 aliphatic heterocycles. The number of hydrogen-bond donors (Lipinski definition) is 1. The molecule has 2 aromatic rings. The van der Waals surface area contributed by atoms with Crippen LogP contribution in [0.5, 0.6) is 0 Å².